The molecule has 0 bridgehead atoms. The Labute approximate surface area is 185 Å². The summed E-state index contributed by atoms with van der Waals surface area (Å²) in [6.45, 7) is 1.59. The Bertz CT molecular complexity index is 892. The molecule has 31 heavy (non-hydrogen) atoms. The monoisotopic (exact) mass is 475 g/mol. The van der Waals surface area contributed by atoms with Crippen molar-refractivity contribution in [3.05, 3.63) is 12.4 Å². The molecule has 2 fully saturated rings. The molecule has 0 atom stereocenters. The number of esters is 1. The Morgan fingerprint density at radius 1 is 0.871 bits per heavy atom. The van der Waals surface area contributed by atoms with Crippen molar-refractivity contribution in [2.24, 2.45) is 0 Å². The lowest BCUT2D eigenvalue weighted by atomic mass is 9.96. The van der Waals surface area contributed by atoms with Crippen molar-refractivity contribution >= 4 is 26.0 Å². The van der Waals surface area contributed by atoms with Gasteiger partial charge in [0.15, 0.2) is 0 Å². The minimum Gasteiger partial charge on any atom is -0.465 e. The van der Waals surface area contributed by atoms with Crippen LogP contribution in [0.2, 0.25) is 0 Å². The number of ether oxygens (including phenoxy) is 1. The predicted octanol–water partition coefficient (Wildman–Crippen LogP) is 2.27. The first-order valence-corrected chi connectivity index (χ1v) is 14.1. The first kappa shape index (κ1) is 24.2. The summed E-state index contributed by atoms with van der Waals surface area (Å²) in [5.41, 5.74) is 0. The number of aromatic nitrogens is 1. The van der Waals surface area contributed by atoms with Gasteiger partial charge in [0.05, 0.1) is 6.61 Å². The van der Waals surface area contributed by atoms with E-state index in [-0.39, 0.29) is 35.0 Å². The summed E-state index contributed by atoms with van der Waals surface area (Å²) in [6, 6.07) is -0.428. The van der Waals surface area contributed by atoms with Crippen LogP contribution in [0.5, 0.6) is 0 Å². The maximum atomic E-state index is 13.2. The fourth-order valence-corrected chi connectivity index (χ4v) is 7.77. The third kappa shape index (κ3) is 6.53. The molecule has 176 valence electrons. The van der Waals surface area contributed by atoms with Gasteiger partial charge >= 0.3 is 5.97 Å². The van der Waals surface area contributed by atoms with Crippen LogP contribution in [0.15, 0.2) is 22.2 Å². The lowest BCUT2D eigenvalue weighted by Gasteiger charge is -2.24. The van der Waals surface area contributed by atoms with Crippen LogP contribution in [-0.2, 0) is 36.1 Å². The van der Waals surface area contributed by atoms with E-state index in [0.29, 0.717) is 0 Å². The molecule has 11 heteroatoms. The second-order valence-corrected chi connectivity index (χ2v) is 11.7. The highest BCUT2D eigenvalue weighted by atomic mass is 32.2. The molecule has 0 aliphatic heterocycles. The molecule has 0 spiro atoms. The van der Waals surface area contributed by atoms with Crippen molar-refractivity contribution in [1.29, 1.82) is 0 Å². The number of carbonyl (C=O) groups excluding carboxylic acids is 1. The lowest BCUT2D eigenvalue weighted by molar-refractivity contribution is -0.143. The van der Waals surface area contributed by atoms with Gasteiger partial charge < -0.3 is 9.30 Å². The Balaban J connectivity index is 1.91. The van der Waals surface area contributed by atoms with Crippen LogP contribution < -0.4 is 9.44 Å². The summed E-state index contributed by atoms with van der Waals surface area (Å²) in [6.07, 6.45) is 11.2. The van der Waals surface area contributed by atoms with Gasteiger partial charge in [-0.05, 0) is 32.6 Å². The molecule has 0 aromatic carbocycles. The highest BCUT2D eigenvalue weighted by molar-refractivity contribution is 7.92. The summed E-state index contributed by atoms with van der Waals surface area (Å²) in [5.74, 6) is -0.564. The second kappa shape index (κ2) is 10.5. The maximum Gasteiger partial charge on any atom is 0.325 e. The van der Waals surface area contributed by atoms with Crippen LogP contribution in [0.1, 0.15) is 71.1 Å². The number of carbonyl (C=O) groups is 1. The Kier molecular flexibility index (Phi) is 8.17. The van der Waals surface area contributed by atoms with Crippen molar-refractivity contribution in [3.8, 4) is 0 Å². The van der Waals surface area contributed by atoms with Crippen LogP contribution in [-0.4, -0.2) is 46.1 Å². The van der Waals surface area contributed by atoms with Crippen molar-refractivity contribution in [3.63, 3.8) is 0 Å². The van der Waals surface area contributed by atoms with Gasteiger partial charge in [0, 0.05) is 24.5 Å². The number of nitrogens with one attached hydrogen (secondary N) is 2. The number of rotatable bonds is 9. The molecule has 9 nitrogen and oxygen atoms in total. The summed E-state index contributed by atoms with van der Waals surface area (Å²) in [4.78, 5) is 11.2. The molecule has 0 unspecified atom stereocenters. The standard InChI is InChI=1S/C20H33N3O6S2/c1-2-29-20(24)15-23-13-18(30(25,26)21-16-9-5-3-6-10-16)19(14-23)31(27,28)22-17-11-7-4-8-12-17/h13-14,16-17,21-22H,2-12,15H2,1H3. The fraction of sp³-hybridized carbons (Fsp3) is 0.750. The van der Waals surface area contributed by atoms with Gasteiger partial charge in [-0.2, -0.15) is 0 Å². The van der Waals surface area contributed by atoms with Crippen LogP contribution in [0.25, 0.3) is 0 Å². The number of sulfonamides is 2. The summed E-state index contributed by atoms with van der Waals surface area (Å²) >= 11 is 0. The largest absolute Gasteiger partial charge is 0.465 e. The number of hydrogen-bond acceptors (Lipinski definition) is 6. The lowest BCUT2D eigenvalue weighted by Crippen LogP contribution is -2.39. The molecule has 2 aliphatic rings. The van der Waals surface area contributed by atoms with Crippen molar-refractivity contribution in [2.45, 2.75) is 99.6 Å². The van der Waals surface area contributed by atoms with E-state index in [1.165, 1.54) is 17.0 Å². The maximum absolute atomic E-state index is 13.2. The van der Waals surface area contributed by atoms with Crippen LogP contribution >= 0.6 is 0 Å². The first-order chi connectivity index (χ1) is 14.7. The third-order valence-corrected chi connectivity index (χ3v) is 9.08. The molecule has 1 heterocycles. The van der Waals surface area contributed by atoms with Gasteiger partial charge in [0.1, 0.15) is 16.3 Å². The summed E-state index contributed by atoms with van der Waals surface area (Å²) in [7, 11) is -8.17. The first-order valence-electron chi connectivity index (χ1n) is 11.1. The van der Waals surface area contributed by atoms with Crippen LogP contribution in [0, 0.1) is 0 Å². The molecule has 1 aromatic rings. The zero-order chi connectivity index (χ0) is 22.5. The predicted molar refractivity (Wildman–Crippen MR) is 115 cm³/mol. The van der Waals surface area contributed by atoms with Crippen LogP contribution in [0.3, 0.4) is 0 Å². The van der Waals surface area contributed by atoms with Crippen molar-refractivity contribution < 1.29 is 26.4 Å². The topological polar surface area (TPSA) is 124 Å². The third-order valence-electron chi connectivity index (χ3n) is 5.86. The minimum absolute atomic E-state index is 0.183. The van der Waals surface area contributed by atoms with Crippen molar-refractivity contribution in [2.75, 3.05) is 6.61 Å². The van der Waals surface area contributed by atoms with E-state index in [1.54, 1.807) is 6.92 Å². The number of nitrogens with zero attached hydrogens (tertiary/aromatic N) is 1. The van der Waals surface area contributed by atoms with Gasteiger partial charge in [0.25, 0.3) is 0 Å². The molecule has 2 aliphatic carbocycles. The Morgan fingerprint density at radius 3 is 1.68 bits per heavy atom. The molecule has 3 rings (SSSR count). The van der Waals surface area contributed by atoms with Gasteiger partial charge in [-0.1, -0.05) is 38.5 Å². The summed E-state index contributed by atoms with van der Waals surface area (Å²) in [5, 5.41) is 0. The average Bonchev–Trinajstić information content (AvgIpc) is 3.15. The SMILES string of the molecule is CCOC(=O)Cn1cc(S(=O)(=O)NC2CCCCC2)c(S(=O)(=O)NC2CCCCC2)c1. The van der Waals surface area contributed by atoms with Gasteiger partial charge in [-0.3, -0.25) is 4.79 Å². The van der Waals surface area contributed by atoms with E-state index in [9.17, 15) is 21.6 Å². The average molecular weight is 476 g/mol. The molecule has 0 amide bonds. The zero-order valence-corrected chi connectivity index (χ0v) is 19.6. The van der Waals surface area contributed by atoms with Crippen molar-refractivity contribution in [1.82, 2.24) is 14.0 Å². The fourth-order valence-electron chi connectivity index (χ4n) is 4.32. The quantitative estimate of drug-likeness (QED) is 0.528. The normalized spacial score (nSPS) is 19.4. The molecule has 0 saturated heterocycles. The van der Waals surface area contributed by atoms with Crippen LogP contribution in [0.4, 0.5) is 0 Å². The molecular formula is C20H33N3O6S2. The minimum atomic E-state index is -4.08. The van der Waals surface area contributed by atoms with Gasteiger partial charge in [0.2, 0.25) is 20.0 Å². The number of hydrogen-bond donors (Lipinski definition) is 2. The zero-order valence-electron chi connectivity index (χ0n) is 18.0. The highest BCUT2D eigenvalue weighted by Gasteiger charge is 2.33. The molecule has 1 aromatic heterocycles. The van der Waals surface area contributed by atoms with E-state index in [4.69, 9.17) is 4.74 Å². The second-order valence-electron chi connectivity index (χ2n) is 8.38. The van der Waals surface area contributed by atoms with E-state index < -0.39 is 26.0 Å². The molecule has 0 radical (unpaired) electrons. The summed E-state index contributed by atoms with van der Waals surface area (Å²) < 4.78 is 64.1. The Hall–Kier alpha value is -1.43. The van der Waals surface area contributed by atoms with E-state index in [0.717, 1.165) is 64.2 Å². The smallest absolute Gasteiger partial charge is 0.325 e. The highest BCUT2D eigenvalue weighted by Crippen LogP contribution is 2.27. The van der Waals surface area contributed by atoms with E-state index in [1.807, 2.05) is 0 Å². The molecule has 2 N–H and O–H groups in total. The Morgan fingerprint density at radius 2 is 1.29 bits per heavy atom. The van der Waals surface area contributed by atoms with E-state index in [2.05, 4.69) is 9.44 Å². The van der Waals surface area contributed by atoms with Gasteiger partial charge in [-0.15, -0.1) is 0 Å². The van der Waals surface area contributed by atoms with Gasteiger partial charge in [-0.25, -0.2) is 26.3 Å². The molecule has 2 saturated carbocycles. The van der Waals surface area contributed by atoms with E-state index >= 15 is 0 Å². The molecular weight excluding hydrogens is 442 g/mol.